The van der Waals surface area contributed by atoms with Crippen LogP contribution in [0.4, 0.5) is 11.4 Å². The molecule has 394 valence electrons. The molecule has 0 saturated heterocycles. The summed E-state index contributed by atoms with van der Waals surface area (Å²) in [6.07, 6.45) is -0.872. The molecule has 0 saturated carbocycles. The van der Waals surface area contributed by atoms with Gasteiger partial charge in [0, 0.05) is 20.1 Å². The minimum absolute atomic E-state index is 0.0493. The molecule has 0 aromatic heterocycles. The Morgan fingerprint density at radius 2 is 1.33 bits per heavy atom. The minimum atomic E-state index is -4.30. The van der Waals surface area contributed by atoms with E-state index in [1.165, 1.54) is 66.7 Å². The summed E-state index contributed by atoms with van der Waals surface area (Å²) in [7, 11) is -3.33. The lowest BCUT2D eigenvalue weighted by Crippen LogP contribution is -2.48. The van der Waals surface area contributed by atoms with Gasteiger partial charge in [-0.2, -0.15) is 17.4 Å². The van der Waals surface area contributed by atoms with Crippen LogP contribution in [0.3, 0.4) is 0 Å². The summed E-state index contributed by atoms with van der Waals surface area (Å²) in [4.78, 5) is 93.9. The van der Waals surface area contributed by atoms with Gasteiger partial charge in [0.05, 0.1) is 47.5 Å². The maximum absolute atomic E-state index is 13.9. The number of nitrogens with one attached hydrogen (secondary N) is 1. The van der Waals surface area contributed by atoms with Crippen LogP contribution in [0.25, 0.3) is 0 Å². The number of aliphatic carboxylic acids is 4. The van der Waals surface area contributed by atoms with Gasteiger partial charge < -0.3 is 62.5 Å². The van der Waals surface area contributed by atoms with Crippen molar-refractivity contribution in [3.63, 3.8) is 0 Å². The number of amides is 1. The summed E-state index contributed by atoms with van der Waals surface area (Å²) < 4.78 is 44.2. The van der Waals surface area contributed by atoms with E-state index in [4.69, 9.17) is 47.4 Å². The van der Waals surface area contributed by atoms with Crippen molar-refractivity contribution in [1.82, 2.24) is 13.9 Å². The molecule has 1 heterocycles. The van der Waals surface area contributed by atoms with E-state index in [-0.39, 0.29) is 65.6 Å². The lowest BCUT2D eigenvalue weighted by Gasteiger charge is -2.29. The number of ether oxygens (including phenoxy) is 3. The molecular weight excluding hydrogens is 1000 g/mol. The Kier molecular flexibility index (Phi) is 19.5. The highest BCUT2D eigenvalue weighted by atomic mass is 32.2. The highest BCUT2D eigenvalue weighted by Gasteiger charge is 2.36. The number of para-hydroxylation sites is 1. The molecule has 75 heavy (non-hydrogen) atoms. The van der Waals surface area contributed by atoms with Gasteiger partial charge >= 0.3 is 35.8 Å². The molecule has 0 aliphatic carbocycles. The molecule has 1 unspecified atom stereocenters. The number of carbonyl (C=O) groups excluding carboxylic acids is 3. The summed E-state index contributed by atoms with van der Waals surface area (Å²) >= 11 is 0. The van der Waals surface area contributed by atoms with Crippen molar-refractivity contribution >= 4 is 75.2 Å². The van der Waals surface area contributed by atoms with Crippen molar-refractivity contribution in [1.29, 1.82) is 0 Å². The van der Waals surface area contributed by atoms with Crippen LogP contribution in [0.5, 0.6) is 17.2 Å². The number of esters is 2. The number of carboxylic acids is 4. The number of nitrogens with two attached hydrogens (primary N) is 4. The second-order valence-electron chi connectivity index (χ2n) is 16.1. The van der Waals surface area contributed by atoms with Crippen molar-refractivity contribution < 1.29 is 76.6 Å². The topological polar surface area (TPSA) is 410 Å². The Morgan fingerprint density at radius 1 is 0.733 bits per heavy atom. The molecular formula is C49H51N9O16S. The van der Waals surface area contributed by atoms with E-state index in [1.807, 2.05) is 0 Å². The normalized spacial score (nSPS) is 12.7. The summed E-state index contributed by atoms with van der Waals surface area (Å²) in [5.41, 5.74) is 24.6. The lowest BCUT2D eigenvalue weighted by atomic mass is 10.0. The van der Waals surface area contributed by atoms with Crippen LogP contribution in [0.15, 0.2) is 125 Å². The van der Waals surface area contributed by atoms with Gasteiger partial charge in [-0.15, -0.1) is 0 Å². The number of hydrogen-bond acceptors (Lipinski definition) is 14. The van der Waals surface area contributed by atoms with E-state index in [1.54, 1.807) is 48.5 Å². The maximum Gasteiger partial charge on any atom is 0.343 e. The Hall–Kier alpha value is -9.40. The minimum Gasteiger partial charge on any atom is -0.489 e. The van der Waals surface area contributed by atoms with Gasteiger partial charge in [-0.05, 0) is 96.3 Å². The van der Waals surface area contributed by atoms with E-state index in [0.29, 0.717) is 45.2 Å². The van der Waals surface area contributed by atoms with Crippen LogP contribution in [0, 0.1) is 0 Å². The fourth-order valence-corrected chi connectivity index (χ4v) is 8.16. The van der Waals surface area contributed by atoms with Gasteiger partial charge in [0.15, 0.2) is 23.4 Å². The zero-order chi connectivity index (χ0) is 55.0. The third-order valence-electron chi connectivity index (χ3n) is 10.7. The van der Waals surface area contributed by atoms with Crippen LogP contribution in [-0.4, -0.2) is 117 Å². The summed E-state index contributed by atoms with van der Waals surface area (Å²) in [6, 6.07) is 26.2. The number of carbonyl (C=O) groups is 7. The quantitative estimate of drug-likeness (QED) is 0.0248. The van der Waals surface area contributed by atoms with Crippen LogP contribution in [-0.2, 0) is 48.9 Å². The van der Waals surface area contributed by atoms with E-state index < -0.39 is 76.9 Å². The number of likely N-dealkylation sites (N-methyl/N-ethyl adjacent to an activating group) is 1. The number of benzene rings is 5. The van der Waals surface area contributed by atoms with Gasteiger partial charge in [-0.3, -0.25) is 19.2 Å². The van der Waals surface area contributed by atoms with Gasteiger partial charge in [0.1, 0.15) is 17.8 Å². The van der Waals surface area contributed by atoms with Crippen LogP contribution in [0.1, 0.15) is 67.0 Å². The molecule has 1 aliphatic rings. The zero-order valence-corrected chi connectivity index (χ0v) is 40.6. The van der Waals surface area contributed by atoms with Crippen molar-refractivity contribution in [3.8, 4) is 17.2 Å². The first-order valence-corrected chi connectivity index (χ1v) is 23.6. The Morgan fingerprint density at radius 3 is 1.93 bits per heavy atom. The first-order chi connectivity index (χ1) is 35.5. The third kappa shape index (κ3) is 16.3. The third-order valence-corrected chi connectivity index (χ3v) is 12.2. The average molecular weight is 1050 g/mol. The summed E-state index contributed by atoms with van der Waals surface area (Å²) in [6.45, 7) is -0.275. The van der Waals surface area contributed by atoms with Crippen molar-refractivity contribution in [3.05, 3.63) is 149 Å². The SMILES string of the molecule is CN(C(CC(=O)O)C(=O)O)S(=O)(=O)NCc1ccc(OC(=O)c2ccc(N=C(N)N)cc2)cc1.NC(N)=Nc1ccc2c(c1)CCCOc1c(cccc1C(=O)N(Cc1ccccc1)[C@@H](CC(=O)O)C(=O)O)OC2=O. The molecule has 0 bridgehead atoms. The highest BCUT2D eigenvalue weighted by molar-refractivity contribution is 7.87. The predicted octanol–water partition coefficient (Wildman–Crippen LogP) is 2.71. The van der Waals surface area contributed by atoms with E-state index in [2.05, 4.69) is 14.7 Å². The molecule has 26 heteroatoms. The first kappa shape index (κ1) is 56.5. The van der Waals surface area contributed by atoms with E-state index in [9.17, 15) is 52.2 Å². The zero-order valence-electron chi connectivity index (χ0n) is 39.8. The first-order valence-electron chi connectivity index (χ1n) is 22.2. The number of aryl methyl sites for hydroxylation is 1. The van der Waals surface area contributed by atoms with Crippen molar-refractivity contribution in [2.24, 2.45) is 32.9 Å². The predicted molar refractivity (Wildman–Crippen MR) is 268 cm³/mol. The Balaban J connectivity index is 0.000000283. The molecule has 0 radical (unpaired) electrons. The smallest absolute Gasteiger partial charge is 0.343 e. The molecule has 13 N–H and O–H groups in total. The monoisotopic (exact) mass is 1050 g/mol. The number of guanidine groups is 2. The van der Waals surface area contributed by atoms with Crippen molar-refractivity contribution in [2.75, 3.05) is 13.7 Å². The summed E-state index contributed by atoms with van der Waals surface area (Å²) in [5, 5.41) is 37.2. The second kappa shape index (κ2) is 25.8. The molecule has 5 aromatic carbocycles. The number of aliphatic imine (C=N–C) groups is 2. The number of rotatable bonds is 19. The molecule has 1 amide bonds. The molecule has 5 aromatic rings. The fourth-order valence-electron chi connectivity index (χ4n) is 7.11. The van der Waals surface area contributed by atoms with E-state index >= 15 is 0 Å². The number of nitrogens with zero attached hydrogens (tertiary/aromatic N) is 4. The Labute approximate surface area is 427 Å². The number of carboxylic acid groups (broad SMARTS) is 4. The summed E-state index contributed by atoms with van der Waals surface area (Å²) in [5.74, 6) is -8.19. The standard InChI is InChI=1S/C29H28N4O8.C20H23N5O8S/c30-29(31)32-19-11-12-20-18(14-19)8-5-13-40-25-21(9-4-10-23(25)41-28(20)39)26(36)33(16-17-6-2-1-3-7-17)22(27(37)38)15-24(34)35;1-25(16(18(28)29)10-17(26)27)34(31,32)23-11-12-2-8-15(9-3-12)33-19(30)13-4-6-14(7-5-13)24-20(21)22/h1-4,6-7,9-12,14,22H,5,8,13,15-16H2,(H,34,35)(H,37,38)(H4,30,31,32);2-9,16,23H,10-11H2,1H3,(H,26,27)(H,28,29)(H4,21,22,24)/t22-;/m0./s1. The second-order valence-corrected chi connectivity index (χ2v) is 17.9. The number of hydrogen-bond donors (Lipinski definition) is 9. The van der Waals surface area contributed by atoms with Gasteiger partial charge in [0.2, 0.25) is 0 Å². The molecule has 0 spiro atoms. The molecule has 2 atom stereocenters. The van der Waals surface area contributed by atoms with Gasteiger partial charge in [-0.25, -0.2) is 24.4 Å². The fraction of sp³-hybridized carbons (Fsp3) is 0.204. The molecule has 25 nitrogen and oxygen atoms in total. The van der Waals surface area contributed by atoms with Crippen molar-refractivity contribution in [2.45, 2.75) is 50.9 Å². The largest absolute Gasteiger partial charge is 0.489 e. The Bertz CT molecular complexity index is 3090. The van der Waals surface area contributed by atoms with Crippen LogP contribution < -0.4 is 41.9 Å². The molecule has 1 aliphatic heterocycles. The maximum atomic E-state index is 13.9. The van der Waals surface area contributed by atoms with E-state index in [0.717, 1.165) is 11.9 Å². The molecule has 0 fully saturated rings. The lowest BCUT2D eigenvalue weighted by molar-refractivity contribution is -0.149. The number of fused-ring (bicyclic) bond motifs is 2. The van der Waals surface area contributed by atoms with Crippen LogP contribution in [0.2, 0.25) is 0 Å². The highest BCUT2D eigenvalue weighted by Crippen LogP contribution is 2.35. The van der Waals surface area contributed by atoms with Gasteiger partial charge in [-0.1, -0.05) is 48.5 Å². The van der Waals surface area contributed by atoms with Crippen LogP contribution >= 0.6 is 0 Å². The van der Waals surface area contributed by atoms with Gasteiger partial charge in [0.25, 0.3) is 16.1 Å². The molecule has 6 rings (SSSR count). The average Bonchev–Trinajstić information content (AvgIpc) is 3.35.